The predicted octanol–water partition coefficient (Wildman–Crippen LogP) is 3.20. The summed E-state index contributed by atoms with van der Waals surface area (Å²) in [5.74, 6) is 1.74. The van der Waals surface area contributed by atoms with Gasteiger partial charge in [0.25, 0.3) is 0 Å². The predicted molar refractivity (Wildman–Crippen MR) is 83.8 cm³/mol. The highest BCUT2D eigenvalue weighted by atomic mass is 15.2. The summed E-state index contributed by atoms with van der Waals surface area (Å²) in [6.07, 6.45) is 5.43. The number of benzene rings is 1. The van der Waals surface area contributed by atoms with E-state index in [1.165, 1.54) is 44.3 Å². The Morgan fingerprint density at radius 2 is 2.15 bits per heavy atom. The van der Waals surface area contributed by atoms with Gasteiger partial charge in [0.2, 0.25) is 0 Å². The van der Waals surface area contributed by atoms with Gasteiger partial charge >= 0.3 is 0 Å². The van der Waals surface area contributed by atoms with Gasteiger partial charge in [0.15, 0.2) is 0 Å². The molecule has 0 unspecified atom stereocenters. The standard InChI is InChI=1S/C18H26N2/c1-12-17-9-14-5-6-15(19)10-16(14)18(12,2)7-8-20(17)11-13-3-4-13/h5-6,10,12-13,17H,3-4,7-9,11,19H2,1-2H3/t12-,17-,18-/m1/s1. The summed E-state index contributed by atoms with van der Waals surface area (Å²) in [6, 6.07) is 7.35. The molecule has 2 N–H and O–H groups in total. The molecule has 108 valence electrons. The highest BCUT2D eigenvalue weighted by molar-refractivity contribution is 5.50. The van der Waals surface area contributed by atoms with E-state index < -0.39 is 0 Å². The number of fused-ring (bicyclic) bond motifs is 4. The Morgan fingerprint density at radius 1 is 1.35 bits per heavy atom. The monoisotopic (exact) mass is 270 g/mol. The van der Waals surface area contributed by atoms with Crippen molar-refractivity contribution in [2.75, 3.05) is 18.8 Å². The van der Waals surface area contributed by atoms with Crippen molar-refractivity contribution in [2.45, 2.75) is 51.0 Å². The van der Waals surface area contributed by atoms with Crippen molar-refractivity contribution in [1.82, 2.24) is 4.90 Å². The molecule has 3 aliphatic rings. The SMILES string of the molecule is C[C@@H]1[C@H]2Cc3ccc(N)cc3[C@]1(C)CCN2CC1CC1. The molecule has 0 spiro atoms. The molecule has 2 fully saturated rings. The maximum atomic E-state index is 6.05. The van der Waals surface area contributed by atoms with E-state index >= 15 is 0 Å². The van der Waals surface area contributed by atoms with Gasteiger partial charge < -0.3 is 5.73 Å². The van der Waals surface area contributed by atoms with E-state index in [4.69, 9.17) is 5.73 Å². The van der Waals surface area contributed by atoms with E-state index in [1.54, 1.807) is 5.56 Å². The van der Waals surface area contributed by atoms with Crippen LogP contribution in [0.15, 0.2) is 18.2 Å². The fourth-order valence-electron chi connectivity index (χ4n) is 4.58. The van der Waals surface area contributed by atoms with E-state index in [9.17, 15) is 0 Å². The molecule has 2 heteroatoms. The number of hydrogen-bond acceptors (Lipinski definition) is 2. The number of hydrogen-bond donors (Lipinski definition) is 1. The molecule has 3 atom stereocenters. The summed E-state index contributed by atoms with van der Waals surface area (Å²) in [4.78, 5) is 2.80. The molecule has 1 saturated heterocycles. The number of nitrogen functional groups attached to an aromatic ring is 1. The highest BCUT2D eigenvalue weighted by Gasteiger charge is 2.48. The minimum atomic E-state index is 0.327. The third-order valence-corrected chi connectivity index (χ3v) is 6.34. The van der Waals surface area contributed by atoms with Crippen LogP contribution in [0.3, 0.4) is 0 Å². The van der Waals surface area contributed by atoms with Crippen molar-refractivity contribution in [3.05, 3.63) is 29.3 Å². The van der Waals surface area contributed by atoms with Crippen LogP contribution in [0.25, 0.3) is 0 Å². The summed E-state index contributed by atoms with van der Waals surface area (Å²) in [6.45, 7) is 7.55. The van der Waals surface area contributed by atoms with Crippen LogP contribution in [0, 0.1) is 11.8 Å². The molecule has 20 heavy (non-hydrogen) atoms. The lowest BCUT2D eigenvalue weighted by Crippen LogP contribution is -2.58. The quantitative estimate of drug-likeness (QED) is 0.836. The highest BCUT2D eigenvalue weighted by Crippen LogP contribution is 2.49. The second-order valence-electron chi connectivity index (χ2n) is 7.58. The zero-order valence-electron chi connectivity index (χ0n) is 12.7. The molecule has 0 amide bonds. The average Bonchev–Trinajstić information content (AvgIpc) is 3.22. The van der Waals surface area contributed by atoms with Crippen molar-refractivity contribution in [1.29, 1.82) is 0 Å². The molecule has 1 aliphatic heterocycles. The number of nitrogens with two attached hydrogens (primary N) is 1. The molecule has 1 saturated carbocycles. The zero-order chi connectivity index (χ0) is 13.9. The van der Waals surface area contributed by atoms with Crippen molar-refractivity contribution in [2.24, 2.45) is 11.8 Å². The Kier molecular flexibility index (Phi) is 2.69. The average molecular weight is 270 g/mol. The fraction of sp³-hybridized carbons (Fsp3) is 0.667. The van der Waals surface area contributed by atoms with Crippen molar-refractivity contribution in [3.63, 3.8) is 0 Å². The van der Waals surface area contributed by atoms with Crippen LogP contribution in [0.1, 0.15) is 44.2 Å². The first-order chi connectivity index (χ1) is 9.58. The van der Waals surface area contributed by atoms with Gasteiger partial charge in [-0.3, -0.25) is 4.90 Å². The maximum absolute atomic E-state index is 6.05. The maximum Gasteiger partial charge on any atom is 0.0317 e. The lowest BCUT2D eigenvalue weighted by molar-refractivity contribution is 0.0284. The Labute approximate surface area is 122 Å². The van der Waals surface area contributed by atoms with E-state index in [2.05, 4.69) is 36.9 Å². The van der Waals surface area contributed by atoms with E-state index in [0.29, 0.717) is 5.41 Å². The first-order valence-electron chi connectivity index (χ1n) is 8.21. The molecular weight excluding hydrogens is 244 g/mol. The lowest BCUT2D eigenvalue weighted by Gasteiger charge is -2.54. The summed E-state index contributed by atoms with van der Waals surface area (Å²) < 4.78 is 0. The van der Waals surface area contributed by atoms with Gasteiger partial charge in [0, 0.05) is 18.3 Å². The number of likely N-dealkylation sites (tertiary alicyclic amines) is 1. The van der Waals surface area contributed by atoms with Gasteiger partial charge in [-0.25, -0.2) is 0 Å². The van der Waals surface area contributed by atoms with Crippen LogP contribution < -0.4 is 5.73 Å². The first kappa shape index (κ1) is 12.7. The lowest BCUT2D eigenvalue weighted by atomic mass is 9.59. The van der Waals surface area contributed by atoms with E-state index in [-0.39, 0.29) is 0 Å². The molecule has 2 aliphatic carbocycles. The van der Waals surface area contributed by atoms with Crippen LogP contribution in [0.5, 0.6) is 0 Å². The van der Waals surface area contributed by atoms with Crippen molar-refractivity contribution < 1.29 is 0 Å². The van der Waals surface area contributed by atoms with E-state index in [0.717, 1.165) is 23.6 Å². The number of anilines is 1. The van der Waals surface area contributed by atoms with E-state index in [1.807, 2.05) is 0 Å². The molecule has 2 nitrogen and oxygen atoms in total. The molecule has 1 heterocycles. The number of piperidine rings is 1. The smallest absolute Gasteiger partial charge is 0.0317 e. The van der Waals surface area contributed by atoms with Crippen LogP contribution in [0.2, 0.25) is 0 Å². The third-order valence-electron chi connectivity index (χ3n) is 6.34. The Hall–Kier alpha value is -1.02. The fourth-order valence-corrected chi connectivity index (χ4v) is 4.58. The topological polar surface area (TPSA) is 29.3 Å². The van der Waals surface area contributed by atoms with Crippen molar-refractivity contribution >= 4 is 5.69 Å². The van der Waals surface area contributed by atoms with Gasteiger partial charge in [0.05, 0.1) is 0 Å². The second kappa shape index (κ2) is 4.24. The van der Waals surface area contributed by atoms with Gasteiger partial charge in [-0.1, -0.05) is 19.9 Å². The Bertz CT molecular complexity index is 534. The van der Waals surface area contributed by atoms with Gasteiger partial charge in [-0.15, -0.1) is 0 Å². The largest absolute Gasteiger partial charge is 0.399 e. The minimum Gasteiger partial charge on any atom is -0.399 e. The third kappa shape index (κ3) is 1.81. The van der Waals surface area contributed by atoms with Crippen LogP contribution >= 0.6 is 0 Å². The Balaban J connectivity index is 1.71. The van der Waals surface area contributed by atoms with Gasteiger partial charge in [0.1, 0.15) is 0 Å². The summed E-state index contributed by atoms with van der Waals surface area (Å²) in [7, 11) is 0. The zero-order valence-corrected chi connectivity index (χ0v) is 12.7. The molecule has 1 aromatic rings. The molecule has 0 radical (unpaired) electrons. The number of rotatable bonds is 2. The summed E-state index contributed by atoms with van der Waals surface area (Å²) in [5.41, 5.74) is 10.4. The van der Waals surface area contributed by atoms with Crippen LogP contribution in [0.4, 0.5) is 5.69 Å². The molecular formula is C18H26N2. The molecule has 2 bridgehead atoms. The Morgan fingerprint density at radius 3 is 2.90 bits per heavy atom. The van der Waals surface area contributed by atoms with Crippen LogP contribution in [-0.4, -0.2) is 24.0 Å². The summed E-state index contributed by atoms with van der Waals surface area (Å²) in [5, 5.41) is 0. The van der Waals surface area contributed by atoms with Crippen LogP contribution in [-0.2, 0) is 11.8 Å². The number of nitrogens with zero attached hydrogens (tertiary/aromatic N) is 1. The molecule has 4 rings (SSSR count). The minimum absolute atomic E-state index is 0.327. The van der Waals surface area contributed by atoms with Gasteiger partial charge in [-0.05, 0) is 72.7 Å². The second-order valence-corrected chi connectivity index (χ2v) is 7.58. The molecule has 1 aromatic carbocycles. The molecule has 0 aromatic heterocycles. The summed E-state index contributed by atoms with van der Waals surface area (Å²) >= 11 is 0. The first-order valence-corrected chi connectivity index (χ1v) is 8.21. The van der Waals surface area contributed by atoms with Gasteiger partial charge in [-0.2, -0.15) is 0 Å². The van der Waals surface area contributed by atoms with Crippen molar-refractivity contribution in [3.8, 4) is 0 Å². The normalized spacial score (nSPS) is 36.7.